The van der Waals surface area contributed by atoms with Crippen LogP contribution in [0.1, 0.15) is 40.5 Å². The van der Waals surface area contributed by atoms with Crippen molar-refractivity contribution < 1.29 is 9.53 Å². The maximum atomic E-state index is 11.1. The Bertz CT molecular complexity index is 189. The van der Waals surface area contributed by atoms with Crippen LogP contribution in [0.15, 0.2) is 0 Å². The number of hydrogen-bond donors (Lipinski definition) is 0. The summed E-state index contributed by atoms with van der Waals surface area (Å²) in [7, 11) is 0. The molecule has 0 aromatic heterocycles. The molecule has 1 aliphatic heterocycles. The summed E-state index contributed by atoms with van der Waals surface area (Å²) in [5.74, 6) is 0.557. The molecule has 13 heavy (non-hydrogen) atoms. The fraction of sp³-hybridized carbons (Fsp3) is 0.909. The summed E-state index contributed by atoms with van der Waals surface area (Å²) in [6.07, 6.45) is 3.26. The minimum atomic E-state index is -0.215. The van der Waals surface area contributed by atoms with Gasteiger partial charge in [-0.05, 0) is 32.6 Å². The van der Waals surface area contributed by atoms with Gasteiger partial charge in [0.25, 0.3) is 0 Å². The van der Waals surface area contributed by atoms with Crippen LogP contribution in [0.4, 0.5) is 0 Å². The summed E-state index contributed by atoms with van der Waals surface area (Å²) in [4.78, 5) is 11.1. The van der Waals surface area contributed by atoms with Crippen molar-refractivity contribution in [3.8, 4) is 0 Å². The van der Waals surface area contributed by atoms with Crippen molar-refractivity contribution in [3.63, 3.8) is 0 Å². The molecule has 0 spiro atoms. The number of aldehydes is 1. The van der Waals surface area contributed by atoms with E-state index in [4.69, 9.17) is 4.74 Å². The first-order chi connectivity index (χ1) is 6.00. The molecule has 0 saturated carbocycles. The highest BCUT2D eigenvalue weighted by atomic mass is 16.5. The molecule has 0 N–H and O–H groups in total. The first-order valence-electron chi connectivity index (χ1n) is 5.12. The monoisotopic (exact) mass is 184 g/mol. The average molecular weight is 184 g/mol. The Kier molecular flexibility index (Phi) is 3.12. The summed E-state index contributed by atoms with van der Waals surface area (Å²) >= 11 is 0. The van der Waals surface area contributed by atoms with Crippen molar-refractivity contribution in [3.05, 3.63) is 0 Å². The van der Waals surface area contributed by atoms with Gasteiger partial charge in [0.15, 0.2) is 0 Å². The van der Waals surface area contributed by atoms with Gasteiger partial charge in [-0.25, -0.2) is 0 Å². The number of hydrogen-bond acceptors (Lipinski definition) is 2. The average Bonchev–Trinajstić information content (AvgIpc) is 2.26. The molecule has 0 bridgehead atoms. The molecule has 3 atom stereocenters. The highest BCUT2D eigenvalue weighted by Gasteiger charge is 2.44. The molecule has 1 saturated heterocycles. The molecule has 2 heteroatoms. The van der Waals surface area contributed by atoms with Crippen LogP contribution < -0.4 is 0 Å². The second kappa shape index (κ2) is 3.79. The molecule has 0 amide bonds. The van der Waals surface area contributed by atoms with Gasteiger partial charge in [-0.2, -0.15) is 0 Å². The van der Waals surface area contributed by atoms with Gasteiger partial charge in [0.05, 0.1) is 17.6 Å². The molecule has 0 radical (unpaired) electrons. The van der Waals surface area contributed by atoms with Crippen molar-refractivity contribution >= 4 is 6.29 Å². The third-order valence-corrected chi connectivity index (χ3v) is 2.94. The van der Waals surface area contributed by atoms with E-state index in [0.29, 0.717) is 5.92 Å². The zero-order valence-corrected chi connectivity index (χ0v) is 9.04. The van der Waals surface area contributed by atoms with E-state index in [1.807, 2.05) is 13.8 Å². The van der Waals surface area contributed by atoms with Gasteiger partial charge in [0, 0.05) is 0 Å². The van der Waals surface area contributed by atoms with Gasteiger partial charge in [0.2, 0.25) is 0 Å². The van der Waals surface area contributed by atoms with E-state index in [1.54, 1.807) is 0 Å². The number of carbonyl (C=O) groups is 1. The first-order valence-corrected chi connectivity index (χ1v) is 5.12. The van der Waals surface area contributed by atoms with Gasteiger partial charge < -0.3 is 9.53 Å². The van der Waals surface area contributed by atoms with Crippen molar-refractivity contribution in [1.82, 2.24) is 0 Å². The van der Waals surface area contributed by atoms with E-state index in [-0.39, 0.29) is 17.6 Å². The Morgan fingerprint density at radius 1 is 1.54 bits per heavy atom. The Morgan fingerprint density at radius 3 is 2.46 bits per heavy atom. The predicted octanol–water partition coefficient (Wildman–Crippen LogP) is 2.42. The summed E-state index contributed by atoms with van der Waals surface area (Å²) in [6, 6.07) is 0. The Morgan fingerprint density at radius 2 is 2.15 bits per heavy atom. The third-order valence-electron chi connectivity index (χ3n) is 2.94. The molecule has 1 heterocycles. The Hall–Kier alpha value is -0.370. The van der Waals surface area contributed by atoms with Crippen molar-refractivity contribution in [1.29, 1.82) is 0 Å². The lowest BCUT2D eigenvalue weighted by Crippen LogP contribution is -2.31. The highest BCUT2D eigenvalue weighted by Crippen LogP contribution is 2.41. The van der Waals surface area contributed by atoms with Gasteiger partial charge in [0.1, 0.15) is 6.29 Å². The normalized spacial score (nSPS) is 39.8. The van der Waals surface area contributed by atoms with Gasteiger partial charge in [-0.15, -0.1) is 0 Å². The minimum Gasteiger partial charge on any atom is -0.374 e. The molecular weight excluding hydrogens is 164 g/mol. The summed E-state index contributed by atoms with van der Waals surface area (Å²) < 4.78 is 5.64. The van der Waals surface area contributed by atoms with E-state index >= 15 is 0 Å². The summed E-state index contributed by atoms with van der Waals surface area (Å²) in [5.41, 5.74) is -0.215. The topological polar surface area (TPSA) is 26.3 Å². The van der Waals surface area contributed by atoms with Crippen molar-refractivity contribution in [2.75, 3.05) is 0 Å². The fourth-order valence-electron chi connectivity index (χ4n) is 2.43. The molecule has 1 rings (SSSR count). The Labute approximate surface area is 80.7 Å². The zero-order chi connectivity index (χ0) is 10.1. The standard InChI is InChI=1S/C11H20O2/c1-8(2)5-11(7-12)6-9(3)13-10(11)4/h7-10H,5-6H2,1-4H3. The van der Waals surface area contributed by atoms with E-state index < -0.39 is 0 Å². The predicted molar refractivity (Wildman–Crippen MR) is 52.6 cm³/mol. The van der Waals surface area contributed by atoms with Crippen LogP contribution >= 0.6 is 0 Å². The molecular formula is C11H20O2. The number of ether oxygens (including phenoxy) is 1. The van der Waals surface area contributed by atoms with E-state index in [2.05, 4.69) is 13.8 Å². The lowest BCUT2D eigenvalue weighted by atomic mass is 9.75. The molecule has 0 aliphatic carbocycles. The molecule has 0 aromatic carbocycles. The maximum Gasteiger partial charge on any atom is 0.128 e. The minimum absolute atomic E-state index is 0.0856. The SMILES string of the molecule is CC(C)CC1(C=O)CC(C)OC1C. The molecule has 3 unspecified atom stereocenters. The first kappa shape index (κ1) is 10.7. The highest BCUT2D eigenvalue weighted by molar-refractivity contribution is 5.61. The maximum absolute atomic E-state index is 11.1. The Balaban J connectivity index is 2.74. The molecule has 1 fully saturated rings. The molecule has 2 nitrogen and oxygen atoms in total. The lowest BCUT2D eigenvalue weighted by Gasteiger charge is -2.27. The molecule has 1 aliphatic rings. The fourth-order valence-corrected chi connectivity index (χ4v) is 2.43. The van der Waals surface area contributed by atoms with Crippen LogP contribution in [-0.2, 0) is 9.53 Å². The second-order valence-corrected chi connectivity index (χ2v) is 4.74. The van der Waals surface area contributed by atoms with E-state index in [1.165, 1.54) is 0 Å². The third kappa shape index (κ3) is 2.11. The number of carbonyl (C=O) groups excluding carboxylic acids is 1. The quantitative estimate of drug-likeness (QED) is 0.630. The summed E-state index contributed by atoms with van der Waals surface area (Å²) in [6.45, 7) is 8.37. The second-order valence-electron chi connectivity index (χ2n) is 4.74. The molecule has 76 valence electrons. The van der Waals surface area contributed by atoms with E-state index in [9.17, 15) is 4.79 Å². The van der Waals surface area contributed by atoms with Crippen LogP contribution in [-0.4, -0.2) is 18.5 Å². The smallest absolute Gasteiger partial charge is 0.128 e. The van der Waals surface area contributed by atoms with E-state index in [0.717, 1.165) is 19.1 Å². The van der Waals surface area contributed by atoms with Gasteiger partial charge in [-0.1, -0.05) is 13.8 Å². The van der Waals surface area contributed by atoms with Crippen LogP contribution in [0.25, 0.3) is 0 Å². The number of rotatable bonds is 3. The van der Waals surface area contributed by atoms with Crippen LogP contribution in [0.3, 0.4) is 0 Å². The van der Waals surface area contributed by atoms with Crippen LogP contribution in [0, 0.1) is 11.3 Å². The molecule has 0 aromatic rings. The lowest BCUT2D eigenvalue weighted by molar-refractivity contribution is -0.119. The summed E-state index contributed by atoms with van der Waals surface area (Å²) in [5, 5.41) is 0. The largest absolute Gasteiger partial charge is 0.374 e. The van der Waals surface area contributed by atoms with Crippen LogP contribution in [0.5, 0.6) is 0 Å². The zero-order valence-electron chi connectivity index (χ0n) is 9.04. The van der Waals surface area contributed by atoms with Crippen LogP contribution in [0.2, 0.25) is 0 Å². The van der Waals surface area contributed by atoms with Gasteiger partial charge >= 0.3 is 0 Å². The van der Waals surface area contributed by atoms with Crippen molar-refractivity contribution in [2.45, 2.75) is 52.7 Å². The van der Waals surface area contributed by atoms with Crippen molar-refractivity contribution in [2.24, 2.45) is 11.3 Å². The van der Waals surface area contributed by atoms with Gasteiger partial charge in [-0.3, -0.25) is 0 Å².